The highest BCUT2D eigenvalue weighted by Crippen LogP contribution is 2.27. The molecule has 0 aliphatic rings. The van der Waals surface area contributed by atoms with Gasteiger partial charge in [-0.15, -0.1) is 0 Å². The fraction of sp³-hybridized carbons (Fsp3) is 0.227. The summed E-state index contributed by atoms with van der Waals surface area (Å²) >= 11 is 0. The Hall–Kier alpha value is -3.48. The molecule has 2 aromatic carbocycles. The molecule has 0 unspecified atom stereocenters. The van der Waals surface area contributed by atoms with Crippen LogP contribution in [0.15, 0.2) is 54.6 Å². The second-order valence-electron chi connectivity index (χ2n) is 6.75. The predicted octanol–water partition coefficient (Wildman–Crippen LogP) is 4.45. The molecule has 1 aromatic heterocycles. The van der Waals surface area contributed by atoms with Crippen molar-refractivity contribution in [3.8, 4) is 16.9 Å². The van der Waals surface area contributed by atoms with Crippen molar-refractivity contribution >= 4 is 17.6 Å². The molecule has 0 saturated heterocycles. The van der Waals surface area contributed by atoms with E-state index in [0.717, 1.165) is 0 Å². The lowest BCUT2D eigenvalue weighted by molar-refractivity contribution is -0.118. The topological polar surface area (TPSA) is 73.2 Å². The first kappa shape index (κ1) is 20.3. The molecule has 0 bridgehead atoms. The van der Waals surface area contributed by atoms with E-state index in [-0.39, 0.29) is 24.1 Å². The molecule has 150 valence electrons. The molecule has 3 aromatic rings. The number of halogens is 1. The van der Waals surface area contributed by atoms with Crippen molar-refractivity contribution in [3.63, 3.8) is 0 Å². The van der Waals surface area contributed by atoms with Crippen molar-refractivity contribution in [2.24, 2.45) is 5.92 Å². The summed E-state index contributed by atoms with van der Waals surface area (Å²) in [5.74, 6) is -1.24. The molecular weight excluding hydrogens is 373 g/mol. The lowest BCUT2D eigenvalue weighted by atomic mass is 10.1. The molecule has 7 heteroatoms. The summed E-state index contributed by atoms with van der Waals surface area (Å²) in [7, 11) is 0. The van der Waals surface area contributed by atoms with Crippen LogP contribution in [-0.4, -0.2) is 28.3 Å². The smallest absolute Gasteiger partial charge is 0.358 e. The molecule has 0 radical (unpaired) electrons. The van der Waals surface area contributed by atoms with Crippen LogP contribution in [0.2, 0.25) is 0 Å². The highest BCUT2D eigenvalue weighted by Gasteiger charge is 2.18. The Morgan fingerprint density at radius 3 is 2.59 bits per heavy atom. The Balaban J connectivity index is 2.08. The molecular formula is C22H22FN3O3. The minimum atomic E-state index is -0.562. The number of esters is 1. The first-order chi connectivity index (χ1) is 13.9. The number of ether oxygens (including phenoxy) is 1. The summed E-state index contributed by atoms with van der Waals surface area (Å²) in [5.41, 5.74) is 2.47. The third kappa shape index (κ3) is 4.68. The number of aromatic nitrogens is 2. The monoisotopic (exact) mass is 395 g/mol. The van der Waals surface area contributed by atoms with Gasteiger partial charge in [0, 0.05) is 17.2 Å². The number of anilines is 1. The lowest BCUT2D eigenvalue weighted by Gasteiger charge is -2.11. The Bertz CT molecular complexity index is 1040. The molecule has 6 nitrogen and oxygen atoms in total. The molecule has 0 aliphatic heterocycles. The van der Waals surface area contributed by atoms with Crippen LogP contribution in [0.5, 0.6) is 0 Å². The maximum Gasteiger partial charge on any atom is 0.358 e. The number of benzene rings is 2. The largest absolute Gasteiger partial charge is 0.461 e. The van der Waals surface area contributed by atoms with Gasteiger partial charge in [-0.25, -0.2) is 13.9 Å². The number of nitrogens with zero attached hydrogens (tertiary/aromatic N) is 2. The standard InChI is InChI=1S/C22H22FN3O3/c1-4-29-22(28)19-13-20(26(25-19)18-10-6-8-16(23)12-18)15-7-5-9-17(11-15)24-21(27)14(2)3/h5-14H,4H2,1-3H3,(H,24,27). The number of hydrogen-bond acceptors (Lipinski definition) is 4. The third-order valence-corrected chi connectivity index (χ3v) is 4.20. The molecule has 29 heavy (non-hydrogen) atoms. The lowest BCUT2D eigenvalue weighted by Crippen LogP contribution is -2.17. The van der Waals surface area contributed by atoms with Crippen molar-refractivity contribution in [1.29, 1.82) is 0 Å². The molecule has 1 N–H and O–H groups in total. The van der Waals surface area contributed by atoms with E-state index in [9.17, 15) is 14.0 Å². The maximum atomic E-state index is 13.8. The van der Waals surface area contributed by atoms with E-state index >= 15 is 0 Å². The van der Waals surface area contributed by atoms with E-state index in [0.29, 0.717) is 22.6 Å². The highest BCUT2D eigenvalue weighted by atomic mass is 19.1. The Morgan fingerprint density at radius 2 is 1.90 bits per heavy atom. The van der Waals surface area contributed by atoms with Crippen LogP contribution in [0.1, 0.15) is 31.3 Å². The fourth-order valence-electron chi connectivity index (χ4n) is 2.74. The van der Waals surface area contributed by atoms with Gasteiger partial charge in [0.25, 0.3) is 0 Å². The highest BCUT2D eigenvalue weighted by molar-refractivity contribution is 5.93. The molecule has 1 amide bonds. The van der Waals surface area contributed by atoms with Gasteiger partial charge in [-0.3, -0.25) is 4.79 Å². The number of amides is 1. The van der Waals surface area contributed by atoms with Gasteiger partial charge in [0.05, 0.1) is 18.0 Å². The van der Waals surface area contributed by atoms with Crippen LogP contribution in [0.4, 0.5) is 10.1 Å². The van der Waals surface area contributed by atoms with Crippen molar-refractivity contribution in [2.45, 2.75) is 20.8 Å². The second-order valence-corrected chi connectivity index (χ2v) is 6.75. The van der Waals surface area contributed by atoms with E-state index < -0.39 is 11.8 Å². The zero-order valence-electron chi connectivity index (χ0n) is 16.5. The zero-order chi connectivity index (χ0) is 21.0. The third-order valence-electron chi connectivity index (χ3n) is 4.20. The van der Waals surface area contributed by atoms with Crippen LogP contribution < -0.4 is 5.32 Å². The molecule has 3 rings (SSSR count). The van der Waals surface area contributed by atoms with Crippen molar-refractivity contribution < 1.29 is 18.7 Å². The minimum absolute atomic E-state index is 0.104. The predicted molar refractivity (Wildman–Crippen MR) is 108 cm³/mol. The number of carbonyl (C=O) groups is 2. The van der Waals surface area contributed by atoms with Crippen LogP contribution in [0, 0.1) is 11.7 Å². The van der Waals surface area contributed by atoms with Crippen molar-refractivity contribution in [2.75, 3.05) is 11.9 Å². The first-order valence-corrected chi connectivity index (χ1v) is 9.33. The summed E-state index contributed by atoms with van der Waals surface area (Å²) in [5, 5.41) is 7.17. The average molecular weight is 395 g/mol. The van der Waals surface area contributed by atoms with Gasteiger partial charge < -0.3 is 10.1 Å². The van der Waals surface area contributed by atoms with Gasteiger partial charge in [0.15, 0.2) is 5.69 Å². The number of carbonyl (C=O) groups excluding carboxylic acids is 2. The van der Waals surface area contributed by atoms with E-state index in [1.54, 1.807) is 43.3 Å². The van der Waals surface area contributed by atoms with Crippen molar-refractivity contribution in [1.82, 2.24) is 9.78 Å². The normalized spacial score (nSPS) is 10.8. The van der Waals surface area contributed by atoms with Gasteiger partial charge in [-0.2, -0.15) is 5.10 Å². The summed E-state index contributed by atoms with van der Waals surface area (Å²) in [6, 6.07) is 14.7. The zero-order valence-corrected chi connectivity index (χ0v) is 16.5. The molecule has 0 spiro atoms. The number of nitrogens with one attached hydrogen (secondary N) is 1. The van der Waals surface area contributed by atoms with Crippen LogP contribution in [-0.2, 0) is 9.53 Å². The quantitative estimate of drug-likeness (QED) is 0.626. The van der Waals surface area contributed by atoms with Gasteiger partial charge in [-0.1, -0.05) is 32.0 Å². The van der Waals surface area contributed by atoms with Gasteiger partial charge in [0.2, 0.25) is 5.91 Å². The van der Waals surface area contributed by atoms with Gasteiger partial charge in [0.1, 0.15) is 5.82 Å². The minimum Gasteiger partial charge on any atom is -0.461 e. The van der Waals surface area contributed by atoms with Gasteiger partial charge >= 0.3 is 5.97 Å². The second kappa shape index (κ2) is 8.68. The fourth-order valence-corrected chi connectivity index (χ4v) is 2.74. The SMILES string of the molecule is CCOC(=O)c1cc(-c2cccc(NC(=O)C(C)C)c2)n(-c2cccc(F)c2)n1. The van der Waals surface area contributed by atoms with Crippen LogP contribution in [0.3, 0.4) is 0 Å². The summed E-state index contributed by atoms with van der Waals surface area (Å²) in [6.45, 7) is 5.55. The van der Waals surface area contributed by atoms with E-state index in [1.165, 1.54) is 16.8 Å². The van der Waals surface area contributed by atoms with Crippen LogP contribution >= 0.6 is 0 Å². The molecule has 0 fully saturated rings. The maximum absolute atomic E-state index is 13.8. The van der Waals surface area contributed by atoms with E-state index in [1.807, 2.05) is 19.9 Å². The number of hydrogen-bond donors (Lipinski definition) is 1. The summed E-state index contributed by atoms with van der Waals surface area (Å²) in [4.78, 5) is 24.2. The van der Waals surface area contributed by atoms with E-state index in [4.69, 9.17) is 4.74 Å². The average Bonchev–Trinajstić information content (AvgIpc) is 3.14. The summed E-state index contributed by atoms with van der Waals surface area (Å²) in [6.07, 6.45) is 0. The molecule has 0 atom stereocenters. The van der Waals surface area contributed by atoms with Crippen LogP contribution in [0.25, 0.3) is 16.9 Å². The van der Waals surface area contributed by atoms with E-state index in [2.05, 4.69) is 10.4 Å². The first-order valence-electron chi connectivity index (χ1n) is 9.33. The van der Waals surface area contributed by atoms with Gasteiger partial charge in [-0.05, 0) is 43.3 Å². The molecule has 0 saturated carbocycles. The number of rotatable bonds is 6. The molecule has 0 aliphatic carbocycles. The van der Waals surface area contributed by atoms with Crippen molar-refractivity contribution in [3.05, 3.63) is 66.1 Å². The Morgan fingerprint density at radius 1 is 1.14 bits per heavy atom. The molecule has 1 heterocycles. The summed E-state index contributed by atoms with van der Waals surface area (Å²) < 4.78 is 20.3. The Labute approximate surface area is 168 Å². The Kier molecular flexibility index (Phi) is 6.07.